The van der Waals surface area contributed by atoms with Crippen molar-refractivity contribution >= 4 is 0 Å². The molecular formula is C16H40N4. The highest BCUT2D eigenvalue weighted by atomic mass is 15.3. The average molecular weight is 289 g/mol. The summed E-state index contributed by atoms with van der Waals surface area (Å²) in [6.45, 7) is 14.4. The lowest BCUT2D eigenvalue weighted by Gasteiger charge is -2.34. The molecule has 124 valence electrons. The van der Waals surface area contributed by atoms with E-state index in [0.717, 1.165) is 6.04 Å². The van der Waals surface area contributed by atoms with E-state index in [-0.39, 0.29) is 14.9 Å². The van der Waals surface area contributed by atoms with Crippen LogP contribution < -0.4 is 0 Å². The monoisotopic (exact) mass is 288 g/mol. The van der Waals surface area contributed by atoms with Crippen LogP contribution in [-0.4, -0.2) is 99.1 Å². The Morgan fingerprint density at radius 3 is 1.05 bits per heavy atom. The molecule has 0 spiro atoms. The van der Waals surface area contributed by atoms with Gasteiger partial charge in [0.2, 0.25) is 0 Å². The van der Waals surface area contributed by atoms with Gasteiger partial charge in [-0.25, -0.2) is 0 Å². The Kier molecular flexibility index (Phi) is 12.7. The Morgan fingerprint density at radius 2 is 0.800 bits per heavy atom. The van der Waals surface area contributed by atoms with Crippen LogP contribution in [0.4, 0.5) is 0 Å². The molecule has 4 heteroatoms. The van der Waals surface area contributed by atoms with Gasteiger partial charge in [0, 0.05) is 58.4 Å². The van der Waals surface area contributed by atoms with Gasteiger partial charge in [-0.15, -0.1) is 0 Å². The number of likely N-dealkylation sites (N-methyl/N-ethyl adjacent to an activating group) is 3. The van der Waals surface area contributed by atoms with Crippen LogP contribution in [0.3, 0.4) is 0 Å². The highest BCUT2D eigenvalue weighted by molar-refractivity contribution is 4.71. The molecule has 2 aliphatic heterocycles. The van der Waals surface area contributed by atoms with Gasteiger partial charge < -0.3 is 14.7 Å². The van der Waals surface area contributed by atoms with Crippen LogP contribution >= 0.6 is 0 Å². The van der Waals surface area contributed by atoms with Gasteiger partial charge in [-0.1, -0.05) is 14.9 Å². The second-order valence-corrected chi connectivity index (χ2v) is 6.04. The van der Waals surface area contributed by atoms with Crippen molar-refractivity contribution < 1.29 is 0 Å². The predicted molar refractivity (Wildman–Crippen MR) is 92.7 cm³/mol. The topological polar surface area (TPSA) is 13.0 Å². The number of nitrogens with zero attached hydrogens (tertiary/aromatic N) is 4. The van der Waals surface area contributed by atoms with E-state index in [0.29, 0.717) is 0 Å². The zero-order valence-electron chi connectivity index (χ0n) is 13.0. The summed E-state index contributed by atoms with van der Waals surface area (Å²) in [5, 5.41) is 0. The molecular weight excluding hydrogens is 248 g/mol. The molecule has 2 rings (SSSR count). The van der Waals surface area contributed by atoms with Gasteiger partial charge in [0.15, 0.2) is 0 Å². The van der Waals surface area contributed by atoms with Crippen molar-refractivity contribution in [2.45, 2.75) is 34.7 Å². The molecule has 0 radical (unpaired) electrons. The second kappa shape index (κ2) is 11.5. The minimum atomic E-state index is 0. The molecule has 20 heavy (non-hydrogen) atoms. The summed E-state index contributed by atoms with van der Waals surface area (Å²) < 4.78 is 0. The van der Waals surface area contributed by atoms with E-state index < -0.39 is 0 Å². The zero-order valence-corrected chi connectivity index (χ0v) is 13.0. The molecule has 0 unspecified atom stereocenters. The molecule has 0 N–H and O–H groups in total. The van der Waals surface area contributed by atoms with Gasteiger partial charge in [0.1, 0.15) is 0 Å². The van der Waals surface area contributed by atoms with Gasteiger partial charge >= 0.3 is 0 Å². The van der Waals surface area contributed by atoms with E-state index in [1.54, 1.807) is 0 Å². The van der Waals surface area contributed by atoms with Crippen LogP contribution in [0.1, 0.15) is 28.7 Å². The summed E-state index contributed by atoms with van der Waals surface area (Å²) in [6, 6.07) is 0.730. The van der Waals surface area contributed by atoms with E-state index in [1.807, 2.05) is 0 Å². The van der Waals surface area contributed by atoms with Crippen LogP contribution in [0.2, 0.25) is 0 Å². The molecule has 0 aromatic rings. The number of piperazine rings is 2. The standard InChI is InChI=1S/C8H18N2.C6H14N2.2CH4/c1-8(2)10-6-4-9(3)5-7-10;1-7-3-5-8(2)6-4-7;;/h8H,4-7H2,1-3H3;3-6H2,1-2H3;2*1H4. The fourth-order valence-corrected chi connectivity index (χ4v) is 2.24. The molecule has 2 saturated heterocycles. The quantitative estimate of drug-likeness (QED) is 0.729. The van der Waals surface area contributed by atoms with Crippen molar-refractivity contribution in [2.24, 2.45) is 0 Å². The Bertz CT molecular complexity index is 195. The molecule has 0 aliphatic carbocycles. The Balaban J connectivity index is 0. The number of hydrogen-bond donors (Lipinski definition) is 0. The van der Waals surface area contributed by atoms with Crippen LogP contribution in [0.5, 0.6) is 0 Å². The average Bonchev–Trinajstić information content (AvgIpc) is 2.34. The predicted octanol–water partition coefficient (Wildman–Crippen LogP) is 1.78. The van der Waals surface area contributed by atoms with Gasteiger partial charge in [0.25, 0.3) is 0 Å². The molecule has 0 aromatic carbocycles. The Hall–Kier alpha value is -0.160. The number of hydrogen-bond acceptors (Lipinski definition) is 4. The molecule has 4 nitrogen and oxygen atoms in total. The second-order valence-electron chi connectivity index (χ2n) is 6.04. The maximum Gasteiger partial charge on any atom is 0.0112 e. The van der Waals surface area contributed by atoms with Crippen LogP contribution in [0, 0.1) is 0 Å². The van der Waals surface area contributed by atoms with Crippen molar-refractivity contribution in [1.82, 2.24) is 19.6 Å². The Morgan fingerprint density at radius 1 is 0.550 bits per heavy atom. The van der Waals surface area contributed by atoms with Crippen molar-refractivity contribution in [3.63, 3.8) is 0 Å². The van der Waals surface area contributed by atoms with Gasteiger partial charge in [-0.05, 0) is 35.0 Å². The summed E-state index contributed by atoms with van der Waals surface area (Å²) in [7, 11) is 6.54. The van der Waals surface area contributed by atoms with Gasteiger partial charge in [-0.3, -0.25) is 4.90 Å². The zero-order chi connectivity index (χ0) is 13.5. The maximum atomic E-state index is 2.53. The molecule has 0 saturated carbocycles. The van der Waals surface area contributed by atoms with E-state index in [1.165, 1.54) is 52.4 Å². The SMILES string of the molecule is C.C.CC(C)N1CCN(C)CC1.CN1CCN(C)CC1. The van der Waals surface area contributed by atoms with Crippen LogP contribution in [0.15, 0.2) is 0 Å². The number of rotatable bonds is 1. The summed E-state index contributed by atoms with van der Waals surface area (Å²) in [5.41, 5.74) is 0. The van der Waals surface area contributed by atoms with E-state index >= 15 is 0 Å². The van der Waals surface area contributed by atoms with Gasteiger partial charge in [0.05, 0.1) is 0 Å². The highest BCUT2D eigenvalue weighted by Gasteiger charge is 2.15. The molecule has 0 aromatic heterocycles. The van der Waals surface area contributed by atoms with Crippen LogP contribution in [-0.2, 0) is 0 Å². The molecule has 0 atom stereocenters. The molecule has 2 heterocycles. The minimum absolute atomic E-state index is 0. The third-order valence-electron chi connectivity index (χ3n) is 4.00. The molecule has 0 bridgehead atoms. The minimum Gasteiger partial charge on any atom is -0.304 e. The van der Waals surface area contributed by atoms with Crippen molar-refractivity contribution in [1.29, 1.82) is 0 Å². The van der Waals surface area contributed by atoms with Crippen molar-refractivity contribution in [2.75, 3.05) is 73.5 Å². The fourth-order valence-electron chi connectivity index (χ4n) is 2.24. The first-order valence-corrected chi connectivity index (χ1v) is 7.28. The van der Waals surface area contributed by atoms with Gasteiger partial charge in [-0.2, -0.15) is 0 Å². The lowest BCUT2D eigenvalue weighted by atomic mass is 10.2. The third-order valence-corrected chi connectivity index (χ3v) is 4.00. The highest BCUT2D eigenvalue weighted by Crippen LogP contribution is 2.02. The summed E-state index contributed by atoms with van der Waals surface area (Å²) >= 11 is 0. The van der Waals surface area contributed by atoms with Crippen molar-refractivity contribution in [3.05, 3.63) is 0 Å². The first-order chi connectivity index (χ1) is 8.49. The summed E-state index contributed by atoms with van der Waals surface area (Å²) in [5.74, 6) is 0. The van der Waals surface area contributed by atoms with E-state index in [4.69, 9.17) is 0 Å². The normalized spacial score (nSPS) is 22.5. The lowest BCUT2D eigenvalue weighted by Crippen LogP contribution is -2.47. The van der Waals surface area contributed by atoms with Crippen LogP contribution in [0.25, 0.3) is 0 Å². The molecule has 2 aliphatic rings. The summed E-state index contributed by atoms with van der Waals surface area (Å²) in [6.07, 6.45) is 0. The first-order valence-electron chi connectivity index (χ1n) is 7.28. The summed E-state index contributed by atoms with van der Waals surface area (Å²) in [4.78, 5) is 9.64. The molecule has 2 fully saturated rings. The fraction of sp³-hybridized carbons (Fsp3) is 1.00. The maximum absolute atomic E-state index is 2.53. The lowest BCUT2D eigenvalue weighted by molar-refractivity contribution is 0.126. The largest absolute Gasteiger partial charge is 0.304 e. The third kappa shape index (κ3) is 8.90. The van der Waals surface area contributed by atoms with Crippen molar-refractivity contribution in [3.8, 4) is 0 Å². The Labute approximate surface area is 128 Å². The smallest absolute Gasteiger partial charge is 0.0112 e. The first kappa shape index (κ1) is 22.1. The van der Waals surface area contributed by atoms with E-state index in [2.05, 4.69) is 54.6 Å². The molecule has 0 amide bonds. The van der Waals surface area contributed by atoms with E-state index in [9.17, 15) is 0 Å².